The lowest BCUT2D eigenvalue weighted by molar-refractivity contribution is -0.141. The van der Waals surface area contributed by atoms with Gasteiger partial charge in [-0.3, -0.25) is 9.48 Å². The lowest BCUT2D eigenvalue weighted by atomic mass is 10.0. The molecule has 24 heavy (non-hydrogen) atoms. The average molecular weight is 346 g/mol. The molecule has 1 saturated heterocycles. The molecular weight excluding hydrogens is 321 g/mol. The molecule has 1 aliphatic heterocycles. The molecule has 2 rings (SSSR count). The number of unbranched alkanes of at least 4 members (excludes halogenated alkanes) is 1. The lowest BCUT2D eigenvalue weighted by Gasteiger charge is -2.30. The largest absolute Gasteiger partial charge is 0.435 e. The zero-order valence-corrected chi connectivity index (χ0v) is 14.2. The van der Waals surface area contributed by atoms with Gasteiger partial charge in [-0.25, -0.2) is 0 Å². The number of hydrogen-bond acceptors (Lipinski definition) is 3. The summed E-state index contributed by atoms with van der Waals surface area (Å²) in [5.74, 6) is 0.00634. The summed E-state index contributed by atoms with van der Waals surface area (Å²) in [6.45, 7) is 5.81. The van der Waals surface area contributed by atoms with Gasteiger partial charge in [0.25, 0.3) is 5.91 Å². The van der Waals surface area contributed by atoms with Gasteiger partial charge in [0, 0.05) is 26.3 Å². The van der Waals surface area contributed by atoms with Gasteiger partial charge in [-0.2, -0.15) is 18.3 Å². The fourth-order valence-corrected chi connectivity index (χ4v) is 3.11. The van der Waals surface area contributed by atoms with Crippen LogP contribution in [0.2, 0.25) is 0 Å². The van der Waals surface area contributed by atoms with Crippen LogP contribution in [-0.2, 0) is 13.2 Å². The molecule has 136 valence electrons. The molecule has 0 spiro atoms. The summed E-state index contributed by atoms with van der Waals surface area (Å²) < 4.78 is 39.5. The molecule has 1 amide bonds. The van der Waals surface area contributed by atoms with Crippen LogP contribution in [0.5, 0.6) is 0 Å². The highest BCUT2D eigenvalue weighted by atomic mass is 19.4. The van der Waals surface area contributed by atoms with Crippen molar-refractivity contribution in [1.82, 2.24) is 20.0 Å². The molecule has 0 aliphatic carbocycles. The maximum atomic E-state index is 12.8. The molecule has 1 aromatic rings. The minimum Gasteiger partial charge on any atom is -0.352 e. The quantitative estimate of drug-likeness (QED) is 0.806. The predicted molar refractivity (Wildman–Crippen MR) is 84.6 cm³/mol. The number of piperidine rings is 1. The van der Waals surface area contributed by atoms with Crippen molar-refractivity contribution in [3.63, 3.8) is 0 Å². The van der Waals surface area contributed by atoms with Crippen molar-refractivity contribution in [2.45, 2.75) is 38.8 Å². The van der Waals surface area contributed by atoms with Gasteiger partial charge in [0.15, 0.2) is 5.69 Å². The molecule has 8 heteroatoms. The molecule has 1 fully saturated rings. The summed E-state index contributed by atoms with van der Waals surface area (Å²) in [6, 6.07) is 0. The number of rotatable bonds is 6. The van der Waals surface area contributed by atoms with E-state index in [0.29, 0.717) is 6.54 Å². The summed E-state index contributed by atoms with van der Waals surface area (Å²) in [6.07, 6.45) is 0.648. The van der Waals surface area contributed by atoms with Crippen molar-refractivity contribution >= 4 is 5.91 Å². The number of carbonyl (C=O) groups excluding carboxylic acids is 1. The van der Waals surface area contributed by atoms with E-state index in [-0.39, 0.29) is 0 Å². The molecule has 0 unspecified atom stereocenters. The number of amides is 1. The van der Waals surface area contributed by atoms with Gasteiger partial charge >= 0.3 is 6.18 Å². The van der Waals surface area contributed by atoms with Crippen LogP contribution in [0.1, 0.15) is 48.7 Å². The number of hydrogen-bond donors (Lipinski definition) is 1. The van der Waals surface area contributed by atoms with E-state index in [2.05, 4.69) is 22.2 Å². The average Bonchev–Trinajstić information content (AvgIpc) is 2.89. The van der Waals surface area contributed by atoms with Crippen LogP contribution < -0.4 is 5.32 Å². The van der Waals surface area contributed by atoms with Gasteiger partial charge in [0.1, 0.15) is 0 Å². The third-order valence-electron chi connectivity index (χ3n) is 4.27. The smallest absolute Gasteiger partial charge is 0.352 e. The number of alkyl halides is 3. The first-order valence-electron chi connectivity index (χ1n) is 8.38. The topological polar surface area (TPSA) is 50.2 Å². The van der Waals surface area contributed by atoms with Crippen LogP contribution >= 0.6 is 0 Å². The Kier molecular flexibility index (Phi) is 6.26. The molecule has 1 aromatic heterocycles. The van der Waals surface area contributed by atoms with Gasteiger partial charge < -0.3 is 10.2 Å². The van der Waals surface area contributed by atoms with E-state index < -0.39 is 23.3 Å². The zero-order valence-electron chi connectivity index (χ0n) is 14.2. The van der Waals surface area contributed by atoms with E-state index in [4.69, 9.17) is 0 Å². The fourth-order valence-electron chi connectivity index (χ4n) is 3.11. The first kappa shape index (κ1) is 18.8. The van der Waals surface area contributed by atoms with Crippen molar-refractivity contribution in [1.29, 1.82) is 0 Å². The Balaban J connectivity index is 1.74. The third-order valence-corrected chi connectivity index (χ3v) is 4.27. The van der Waals surface area contributed by atoms with E-state index in [0.717, 1.165) is 49.3 Å². The Labute approximate surface area is 140 Å². The van der Waals surface area contributed by atoms with Crippen LogP contribution in [0.3, 0.4) is 0 Å². The van der Waals surface area contributed by atoms with Crippen LogP contribution in [-0.4, -0.2) is 46.8 Å². The second-order valence-corrected chi connectivity index (χ2v) is 6.57. The third kappa shape index (κ3) is 5.22. The SMILES string of the molecule is C[C@H]1CCCN(CCCCNC(=O)c2cn(C)nc2C(F)(F)F)C1. The number of halogens is 3. The molecule has 1 N–H and O–H groups in total. The number of aromatic nitrogens is 2. The van der Waals surface area contributed by atoms with E-state index in [1.807, 2.05) is 0 Å². The Hall–Kier alpha value is -1.57. The zero-order chi connectivity index (χ0) is 17.7. The summed E-state index contributed by atoms with van der Waals surface area (Å²) in [5, 5.41) is 5.90. The normalized spacial score (nSPS) is 19.5. The highest BCUT2D eigenvalue weighted by Crippen LogP contribution is 2.30. The lowest BCUT2D eigenvalue weighted by Crippen LogP contribution is -2.35. The minimum atomic E-state index is -4.63. The Morgan fingerprint density at radius 2 is 2.17 bits per heavy atom. The van der Waals surface area contributed by atoms with Crippen molar-refractivity contribution in [2.75, 3.05) is 26.2 Å². The Bertz CT molecular complexity index is 556. The predicted octanol–water partition coefficient (Wildman–Crippen LogP) is 2.68. The van der Waals surface area contributed by atoms with Crippen LogP contribution in [0.25, 0.3) is 0 Å². The van der Waals surface area contributed by atoms with Crippen LogP contribution in [0.15, 0.2) is 6.20 Å². The van der Waals surface area contributed by atoms with E-state index >= 15 is 0 Å². The van der Waals surface area contributed by atoms with Gasteiger partial charge in [0.2, 0.25) is 0 Å². The summed E-state index contributed by atoms with van der Waals surface area (Å²) >= 11 is 0. The summed E-state index contributed by atoms with van der Waals surface area (Å²) in [4.78, 5) is 14.4. The van der Waals surface area contributed by atoms with E-state index in [1.54, 1.807) is 0 Å². The molecule has 0 saturated carbocycles. The molecular formula is C16H25F3N4O. The first-order valence-corrected chi connectivity index (χ1v) is 8.38. The number of aryl methyl sites for hydroxylation is 1. The Morgan fingerprint density at radius 3 is 2.83 bits per heavy atom. The number of carbonyl (C=O) groups is 1. The number of nitrogens with zero attached hydrogens (tertiary/aromatic N) is 3. The fraction of sp³-hybridized carbons (Fsp3) is 0.750. The molecule has 2 heterocycles. The highest BCUT2D eigenvalue weighted by Gasteiger charge is 2.38. The maximum Gasteiger partial charge on any atom is 0.435 e. The van der Waals surface area contributed by atoms with Crippen molar-refractivity contribution in [3.8, 4) is 0 Å². The molecule has 5 nitrogen and oxygen atoms in total. The minimum absolute atomic E-state index is 0.369. The second-order valence-electron chi connectivity index (χ2n) is 6.57. The molecule has 0 aromatic carbocycles. The Morgan fingerprint density at radius 1 is 1.42 bits per heavy atom. The molecule has 1 aliphatic rings. The summed E-state index contributed by atoms with van der Waals surface area (Å²) in [5.41, 5.74) is -1.56. The van der Waals surface area contributed by atoms with E-state index in [9.17, 15) is 18.0 Å². The van der Waals surface area contributed by atoms with Gasteiger partial charge in [-0.1, -0.05) is 6.92 Å². The molecule has 0 bridgehead atoms. The van der Waals surface area contributed by atoms with Crippen molar-refractivity contribution < 1.29 is 18.0 Å². The number of likely N-dealkylation sites (tertiary alicyclic amines) is 1. The first-order chi connectivity index (χ1) is 11.3. The molecule has 0 radical (unpaired) electrons. The standard InChI is InChI=1S/C16H25F3N4O/c1-12-6-5-9-23(10-12)8-4-3-7-20-15(24)13-11-22(2)21-14(13)16(17,18)19/h11-12H,3-10H2,1-2H3,(H,20,24)/t12-/m0/s1. The monoisotopic (exact) mass is 346 g/mol. The molecule has 1 atom stereocenters. The van der Waals surface area contributed by atoms with Crippen molar-refractivity contribution in [3.05, 3.63) is 17.5 Å². The van der Waals surface area contributed by atoms with Crippen LogP contribution in [0, 0.1) is 5.92 Å². The van der Waals surface area contributed by atoms with Crippen molar-refractivity contribution in [2.24, 2.45) is 13.0 Å². The number of nitrogens with one attached hydrogen (secondary N) is 1. The van der Waals surface area contributed by atoms with Crippen LogP contribution in [0.4, 0.5) is 13.2 Å². The van der Waals surface area contributed by atoms with E-state index in [1.165, 1.54) is 19.9 Å². The maximum absolute atomic E-state index is 12.8. The highest BCUT2D eigenvalue weighted by molar-refractivity contribution is 5.95. The van der Waals surface area contributed by atoms with Gasteiger partial charge in [-0.15, -0.1) is 0 Å². The van der Waals surface area contributed by atoms with Gasteiger partial charge in [0.05, 0.1) is 5.56 Å². The van der Waals surface area contributed by atoms with Gasteiger partial charge in [-0.05, 0) is 44.7 Å². The summed E-state index contributed by atoms with van der Waals surface area (Å²) in [7, 11) is 1.37. The second kappa shape index (κ2) is 8.00.